The fraction of sp³-hybridized carbons (Fsp3) is 0.158. The van der Waals surface area contributed by atoms with E-state index < -0.39 is 16.1 Å². The molecule has 1 atom stereocenters. The van der Waals surface area contributed by atoms with Crippen LogP contribution in [0, 0.1) is 11.5 Å². The van der Waals surface area contributed by atoms with Gasteiger partial charge in [0.15, 0.2) is 6.19 Å². The normalized spacial score (nSPS) is 12.3. The second kappa shape index (κ2) is 7.42. The molecule has 0 fully saturated rings. The molecule has 1 heterocycles. The number of hydrogen-bond donors (Lipinski definition) is 0. The molecule has 0 unspecified atom stereocenters. The highest BCUT2D eigenvalue weighted by molar-refractivity contribution is 7.89. The van der Waals surface area contributed by atoms with Crippen molar-refractivity contribution in [1.29, 1.82) is 5.26 Å². The molecule has 0 N–H and O–H groups in total. The van der Waals surface area contributed by atoms with Crippen molar-refractivity contribution in [2.75, 3.05) is 6.61 Å². The zero-order valence-corrected chi connectivity index (χ0v) is 14.9. The smallest absolute Gasteiger partial charge is 0.272 e. The van der Waals surface area contributed by atoms with Crippen LogP contribution >= 0.6 is 0 Å². The van der Waals surface area contributed by atoms with Crippen LogP contribution in [0.5, 0.6) is 5.75 Å². The van der Waals surface area contributed by atoms with Gasteiger partial charge in [0.25, 0.3) is 10.0 Å². The Morgan fingerprint density at radius 3 is 2.62 bits per heavy atom. The van der Waals surface area contributed by atoms with Gasteiger partial charge in [0.2, 0.25) is 0 Å². The molecule has 26 heavy (non-hydrogen) atoms. The Hall–Kier alpha value is -3.11. The SMILES string of the molecule is C[C@@H](COc1cccc2ncccc12)N(C#N)S(=O)(=O)c1ccccc1. The Morgan fingerprint density at radius 2 is 1.88 bits per heavy atom. The molecule has 132 valence electrons. The van der Waals surface area contributed by atoms with Gasteiger partial charge in [-0.2, -0.15) is 9.57 Å². The van der Waals surface area contributed by atoms with Gasteiger partial charge in [-0.3, -0.25) is 4.98 Å². The highest BCUT2D eigenvalue weighted by Crippen LogP contribution is 2.24. The van der Waals surface area contributed by atoms with Crippen LogP contribution in [0.1, 0.15) is 6.92 Å². The molecule has 6 nitrogen and oxygen atoms in total. The fourth-order valence-electron chi connectivity index (χ4n) is 2.57. The molecule has 2 aromatic carbocycles. The number of hydrogen-bond acceptors (Lipinski definition) is 5. The van der Waals surface area contributed by atoms with Crippen LogP contribution in [0.2, 0.25) is 0 Å². The summed E-state index contributed by atoms with van der Waals surface area (Å²) in [5.74, 6) is 0.595. The summed E-state index contributed by atoms with van der Waals surface area (Å²) >= 11 is 0. The molecule has 0 bridgehead atoms. The Balaban J connectivity index is 1.80. The second-order valence-electron chi connectivity index (χ2n) is 5.70. The molecule has 0 amide bonds. The van der Waals surface area contributed by atoms with E-state index in [4.69, 9.17) is 4.74 Å². The van der Waals surface area contributed by atoms with Gasteiger partial charge in [-0.05, 0) is 43.3 Å². The number of nitrogens with zero attached hydrogens (tertiary/aromatic N) is 3. The van der Waals surface area contributed by atoms with Crippen LogP contribution in [-0.2, 0) is 10.0 Å². The van der Waals surface area contributed by atoms with E-state index in [2.05, 4.69) is 4.98 Å². The first-order valence-electron chi connectivity index (χ1n) is 8.00. The fourth-order valence-corrected chi connectivity index (χ4v) is 3.94. The maximum absolute atomic E-state index is 12.7. The Labute approximate surface area is 152 Å². The Morgan fingerprint density at radius 1 is 1.12 bits per heavy atom. The summed E-state index contributed by atoms with van der Waals surface area (Å²) < 4.78 is 31.9. The standard InChI is InChI=1S/C19H17N3O3S/c1-15(22(14-20)26(23,24)16-7-3-2-4-8-16)13-25-19-11-5-10-18-17(19)9-6-12-21-18/h2-12,15H,13H2,1H3/t15-/m0/s1. The van der Waals surface area contributed by atoms with Crippen molar-refractivity contribution in [2.24, 2.45) is 0 Å². The number of sulfonamides is 1. The third kappa shape index (κ3) is 3.46. The molecular weight excluding hydrogens is 350 g/mol. The van der Waals surface area contributed by atoms with E-state index in [0.29, 0.717) is 5.75 Å². The monoisotopic (exact) mass is 367 g/mol. The van der Waals surface area contributed by atoms with Gasteiger partial charge < -0.3 is 4.74 Å². The largest absolute Gasteiger partial charge is 0.491 e. The predicted molar refractivity (Wildman–Crippen MR) is 97.8 cm³/mol. The highest BCUT2D eigenvalue weighted by atomic mass is 32.2. The zero-order valence-electron chi connectivity index (χ0n) is 14.1. The van der Waals surface area contributed by atoms with Crippen LogP contribution in [0.4, 0.5) is 0 Å². The van der Waals surface area contributed by atoms with Crippen molar-refractivity contribution in [3.63, 3.8) is 0 Å². The maximum atomic E-state index is 12.7. The number of rotatable bonds is 6. The molecular formula is C19H17N3O3S. The van der Waals surface area contributed by atoms with Crippen LogP contribution in [0.15, 0.2) is 71.8 Å². The van der Waals surface area contributed by atoms with E-state index in [9.17, 15) is 13.7 Å². The van der Waals surface area contributed by atoms with E-state index >= 15 is 0 Å². The summed E-state index contributed by atoms with van der Waals surface area (Å²) in [6, 6.07) is 16.4. The zero-order chi connectivity index (χ0) is 18.6. The first-order chi connectivity index (χ1) is 12.5. The van der Waals surface area contributed by atoms with Gasteiger partial charge in [0, 0.05) is 11.6 Å². The minimum absolute atomic E-state index is 0.0353. The van der Waals surface area contributed by atoms with Crippen LogP contribution in [-0.4, -0.2) is 30.4 Å². The van der Waals surface area contributed by atoms with Crippen molar-refractivity contribution < 1.29 is 13.2 Å². The molecule has 0 aliphatic rings. The van der Waals surface area contributed by atoms with Crippen LogP contribution in [0.3, 0.4) is 0 Å². The van der Waals surface area contributed by atoms with Gasteiger partial charge in [-0.15, -0.1) is 0 Å². The molecule has 3 rings (SSSR count). The lowest BCUT2D eigenvalue weighted by molar-refractivity contribution is 0.249. The van der Waals surface area contributed by atoms with Crippen LogP contribution < -0.4 is 4.74 Å². The van der Waals surface area contributed by atoms with Crippen molar-refractivity contribution >= 4 is 20.9 Å². The van der Waals surface area contributed by atoms with Crippen molar-refractivity contribution in [3.05, 3.63) is 66.9 Å². The van der Waals surface area contributed by atoms with Gasteiger partial charge >= 0.3 is 0 Å². The lowest BCUT2D eigenvalue weighted by Crippen LogP contribution is -2.38. The quantitative estimate of drug-likeness (QED) is 0.494. The predicted octanol–water partition coefficient (Wildman–Crippen LogP) is 3.17. The molecule has 0 spiro atoms. The molecule has 0 saturated heterocycles. The molecule has 3 aromatic rings. The number of aromatic nitrogens is 1. The summed E-state index contributed by atoms with van der Waals surface area (Å²) in [6.45, 7) is 1.67. The topological polar surface area (TPSA) is 83.3 Å². The molecule has 7 heteroatoms. The number of fused-ring (bicyclic) bond motifs is 1. The lowest BCUT2D eigenvalue weighted by Gasteiger charge is -2.23. The summed E-state index contributed by atoms with van der Waals surface area (Å²) in [4.78, 5) is 4.33. The summed E-state index contributed by atoms with van der Waals surface area (Å²) in [5, 5.41) is 10.2. The number of nitriles is 1. The number of benzene rings is 2. The molecule has 0 aliphatic carbocycles. The average Bonchev–Trinajstić information content (AvgIpc) is 2.67. The van der Waals surface area contributed by atoms with Gasteiger partial charge in [0.1, 0.15) is 12.4 Å². The van der Waals surface area contributed by atoms with Gasteiger partial charge in [-0.25, -0.2) is 8.42 Å². The summed E-state index contributed by atoms with van der Waals surface area (Å²) in [5.41, 5.74) is 0.784. The van der Waals surface area contributed by atoms with Gasteiger partial charge in [0.05, 0.1) is 16.5 Å². The third-order valence-electron chi connectivity index (χ3n) is 3.88. The average molecular weight is 367 g/mol. The van der Waals surface area contributed by atoms with E-state index in [-0.39, 0.29) is 11.5 Å². The second-order valence-corrected chi connectivity index (χ2v) is 7.52. The van der Waals surface area contributed by atoms with Crippen molar-refractivity contribution in [3.8, 4) is 11.9 Å². The van der Waals surface area contributed by atoms with E-state index in [1.807, 2.05) is 18.2 Å². The summed E-state index contributed by atoms with van der Waals surface area (Å²) in [7, 11) is -3.92. The van der Waals surface area contributed by atoms with Crippen LogP contribution in [0.25, 0.3) is 10.9 Å². The first kappa shape index (κ1) is 17.7. The van der Waals surface area contributed by atoms with Gasteiger partial charge in [-0.1, -0.05) is 24.3 Å². The molecule has 0 aliphatic heterocycles. The summed E-state index contributed by atoms with van der Waals surface area (Å²) in [6.07, 6.45) is 3.46. The minimum atomic E-state index is -3.92. The number of ether oxygens (including phenoxy) is 1. The molecule has 0 radical (unpaired) electrons. The lowest BCUT2D eigenvalue weighted by atomic mass is 10.2. The van der Waals surface area contributed by atoms with E-state index in [0.717, 1.165) is 15.2 Å². The number of pyridine rings is 1. The first-order valence-corrected chi connectivity index (χ1v) is 9.44. The van der Waals surface area contributed by atoms with Crippen molar-refractivity contribution in [2.45, 2.75) is 17.9 Å². The Bertz CT molecular complexity index is 1040. The molecule has 1 aromatic heterocycles. The molecule has 0 saturated carbocycles. The minimum Gasteiger partial charge on any atom is -0.491 e. The van der Waals surface area contributed by atoms with E-state index in [1.165, 1.54) is 12.1 Å². The van der Waals surface area contributed by atoms with E-state index in [1.54, 1.807) is 49.6 Å². The third-order valence-corrected chi connectivity index (χ3v) is 5.71. The maximum Gasteiger partial charge on any atom is 0.272 e. The highest BCUT2D eigenvalue weighted by Gasteiger charge is 2.28. The van der Waals surface area contributed by atoms with Crippen molar-refractivity contribution in [1.82, 2.24) is 9.29 Å². The Kier molecular flexibility index (Phi) is 5.05.